The number of nitrogens with zero attached hydrogens (tertiary/aromatic N) is 3. The van der Waals surface area contributed by atoms with Crippen LogP contribution in [0.1, 0.15) is 43.2 Å². The molecule has 2 aromatic rings. The zero-order valence-corrected chi connectivity index (χ0v) is 17.7. The lowest BCUT2D eigenvalue weighted by atomic mass is 9.80. The number of benzene rings is 2. The van der Waals surface area contributed by atoms with Gasteiger partial charge in [0.1, 0.15) is 11.4 Å². The van der Waals surface area contributed by atoms with E-state index in [-0.39, 0.29) is 5.54 Å². The fourth-order valence-corrected chi connectivity index (χ4v) is 4.95. The van der Waals surface area contributed by atoms with Crippen LogP contribution in [0.25, 0.3) is 0 Å². The van der Waals surface area contributed by atoms with E-state index >= 15 is 0 Å². The van der Waals surface area contributed by atoms with E-state index in [1.54, 1.807) is 0 Å². The van der Waals surface area contributed by atoms with Crippen LogP contribution in [0.2, 0.25) is 0 Å². The predicted molar refractivity (Wildman–Crippen MR) is 122 cm³/mol. The van der Waals surface area contributed by atoms with Crippen molar-refractivity contribution in [3.8, 4) is 0 Å². The van der Waals surface area contributed by atoms with E-state index in [1.807, 2.05) is 6.07 Å². The largest absolute Gasteiger partial charge is 0.341 e. The van der Waals surface area contributed by atoms with E-state index in [4.69, 9.17) is 17.2 Å². The van der Waals surface area contributed by atoms with Crippen molar-refractivity contribution < 1.29 is 0 Å². The van der Waals surface area contributed by atoms with Crippen LogP contribution in [0, 0.1) is 13.8 Å². The number of hydrazine groups is 1. The molecule has 0 unspecified atom stereocenters. The minimum absolute atomic E-state index is 0.200. The molecule has 2 aliphatic rings. The summed E-state index contributed by atoms with van der Waals surface area (Å²) in [5.41, 5.74) is 4.54. The molecule has 1 saturated carbocycles. The Morgan fingerprint density at radius 3 is 2.25 bits per heavy atom. The van der Waals surface area contributed by atoms with Gasteiger partial charge in [-0.25, -0.2) is 10.0 Å². The molecule has 1 aliphatic heterocycles. The van der Waals surface area contributed by atoms with Crippen molar-refractivity contribution in [2.24, 2.45) is 4.99 Å². The molecule has 1 heterocycles. The van der Waals surface area contributed by atoms with Crippen molar-refractivity contribution in [1.82, 2.24) is 5.01 Å². The van der Waals surface area contributed by atoms with Crippen LogP contribution in [-0.2, 0) is 0 Å². The van der Waals surface area contributed by atoms with E-state index in [0.29, 0.717) is 5.11 Å². The predicted octanol–water partition coefficient (Wildman–Crippen LogP) is 5.47. The molecule has 0 radical (unpaired) electrons. The first kappa shape index (κ1) is 18.9. The van der Waals surface area contributed by atoms with E-state index in [0.717, 1.165) is 30.1 Å². The Morgan fingerprint density at radius 2 is 1.61 bits per heavy atom. The highest BCUT2D eigenvalue weighted by Gasteiger charge is 2.50. The van der Waals surface area contributed by atoms with E-state index in [2.05, 4.69) is 78.7 Å². The van der Waals surface area contributed by atoms with Gasteiger partial charge >= 0.3 is 0 Å². The van der Waals surface area contributed by atoms with Gasteiger partial charge in [0.05, 0.1) is 5.69 Å². The van der Waals surface area contributed by atoms with Crippen molar-refractivity contribution in [3.05, 3.63) is 59.7 Å². The van der Waals surface area contributed by atoms with Gasteiger partial charge in [-0.05, 0) is 62.2 Å². The molecule has 0 bridgehead atoms. The number of hydrogen-bond acceptors (Lipinski definition) is 3. The molecule has 0 saturated heterocycles. The number of para-hydroxylation sites is 2. The average molecular weight is 393 g/mol. The summed E-state index contributed by atoms with van der Waals surface area (Å²) in [7, 11) is 2.09. The summed E-state index contributed by atoms with van der Waals surface area (Å²) < 4.78 is 0. The van der Waals surface area contributed by atoms with E-state index in [9.17, 15) is 0 Å². The standard InChI is InChI=1S/C23H28N4S/c1-17-11-10-12-18(2)20(17)24-21-23(15-8-5-9-16-23)27(22(28)25-21)26(3)19-13-6-4-7-14-19/h4,6-7,10-14H,5,8-9,15-16H2,1-3H3,(H,24,25,28). The van der Waals surface area contributed by atoms with Crippen LogP contribution >= 0.6 is 12.2 Å². The average Bonchev–Trinajstić information content (AvgIpc) is 2.96. The van der Waals surface area contributed by atoms with Gasteiger partial charge in [0, 0.05) is 12.7 Å². The summed E-state index contributed by atoms with van der Waals surface area (Å²) in [6.45, 7) is 4.29. The van der Waals surface area contributed by atoms with Gasteiger partial charge < -0.3 is 5.32 Å². The molecule has 1 fully saturated rings. The molecule has 1 N–H and O–H groups in total. The third kappa shape index (κ3) is 3.18. The van der Waals surface area contributed by atoms with Gasteiger partial charge in [0.15, 0.2) is 0 Å². The van der Waals surface area contributed by atoms with Crippen molar-refractivity contribution in [2.45, 2.75) is 51.5 Å². The van der Waals surface area contributed by atoms with Gasteiger partial charge in [0.2, 0.25) is 5.11 Å². The van der Waals surface area contributed by atoms with Crippen molar-refractivity contribution >= 4 is 34.5 Å². The Morgan fingerprint density at radius 1 is 0.964 bits per heavy atom. The molecule has 0 aromatic heterocycles. The minimum atomic E-state index is -0.200. The summed E-state index contributed by atoms with van der Waals surface area (Å²) in [5, 5.41) is 8.76. The first-order valence-corrected chi connectivity index (χ1v) is 10.5. The molecule has 1 spiro atoms. The van der Waals surface area contributed by atoms with Crippen molar-refractivity contribution in [3.63, 3.8) is 0 Å². The third-order valence-electron chi connectivity index (χ3n) is 6.07. The van der Waals surface area contributed by atoms with Crippen LogP contribution in [0.3, 0.4) is 0 Å². The second kappa shape index (κ2) is 7.55. The summed E-state index contributed by atoms with van der Waals surface area (Å²) >= 11 is 5.79. The van der Waals surface area contributed by atoms with Gasteiger partial charge in [-0.1, -0.05) is 55.7 Å². The molecule has 0 atom stereocenters. The molecule has 0 amide bonds. The number of nitrogens with one attached hydrogen (secondary N) is 1. The van der Waals surface area contributed by atoms with Crippen LogP contribution < -0.4 is 10.3 Å². The Labute approximate surface area is 173 Å². The van der Waals surface area contributed by atoms with Crippen LogP contribution in [0.15, 0.2) is 53.5 Å². The number of hydrogen-bond donors (Lipinski definition) is 1. The lowest BCUT2D eigenvalue weighted by Crippen LogP contribution is -2.60. The molecular formula is C23H28N4S. The topological polar surface area (TPSA) is 30.9 Å². The maximum absolute atomic E-state index is 5.79. The van der Waals surface area contributed by atoms with Crippen LogP contribution in [0.5, 0.6) is 0 Å². The van der Waals surface area contributed by atoms with Gasteiger partial charge in [-0.3, -0.25) is 5.01 Å². The fraction of sp³-hybridized carbons (Fsp3) is 0.391. The van der Waals surface area contributed by atoms with Crippen LogP contribution in [0.4, 0.5) is 11.4 Å². The maximum Gasteiger partial charge on any atom is 0.217 e. The van der Waals surface area contributed by atoms with Crippen molar-refractivity contribution in [1.29, 1.82) is 0 Å². The third-order valence-corrected chi connectivity index (χ3v) is 6.33. The molecule has 2 aromatic carbocycles. The first-order valence-electron chi connectivity index (χ1n) is 10.1. The number of rotatable bonds is 3. The van der Waals surface area contributed by atoms with Gasteiger partial charge in [-0.15, -0.1) is 0 Å². The quantitative estimate of drug-likeness (QED) is 0.702. The zero-order chi connectivity index (χ0) is 19.7. The zero-order valence-electron chi connectivity index (χ0n) is 16.9. The molecular weight excluding hydrogens is 364 g/mol. The molecule has 4 nitrogen and oxygen atoms in total. The second-order valence-electron chi connectivity index (χ2n) is 7.90. The fourth-order valence-electron chi connectivity index (χ4n) is 4.56. The summed E-state index contributed by atoms with van der Waals surface area (Å²) in [6, 6.07) is 16.8. The highest BCUT2D eigenvalue weighted by Crippen LogP contribution is 2.41. The second-order valence-corrected chi connectivity index (χ2v) is 8.26. The van der Waals surface area contributed by atoms with Crippen molar-refractivity contribution in [2.75, 3.05) is 17.4 Å². The Kier molecular flexibility index (Phi) is 5.11. The van der Waals surface area contributed by atoms with Gasteiger partial charge in [-0.2, -0.15) is 0 Å². The van der Waals surface area contributed by atoms with Crippen LogP contribution in [-0.4, -0.2) is 28.5 Å². The Hall–Kier alpha value is -2.40. The smallest absolute Gasteiger partial charge is 0.217 e. The number of aryl methyl sites for hydroxylation is 2. The number of thiocarbonyl (C=S) groups is 1. The summed E-state index contributed by atoms with van der Waals surface area (Å²) in [5.74, 6) is 0.998. The van der Waals surface area contributed by atoms with Gasteiger partial charge in [0.25, 0.3) is 0 Å². The van der Waals surface area contributed by atoms with E-state index < -0.39 is 0 Å². The SMILES string of the molecule is Cc1cccc(C)c1NC1=NC(=S)N(N(C)c2ccccc2)C12CCCCC2. The molecule has 146 valence electrons. The molecule has 5 heteroatoms. The Bertz CT molecular complexity index is 880. The number of amidine groups is 1. The summed E-state index contributed by atoms with van der Waals surface area (Å²) in [6.07, 6.45) is 5.76. The molecule has 28 heavy (non-hydrogen) atoms. The number of aliphatic imine (C=N–C) groups is 1. The highest BCUT2D eigenvalue weighted by atomic mass is 32.1. The normalized spacial score (nSPS) is 18.3. The lowest BCUT2D eigenvalue weighted by molar-refractivity contribution is 0.191. The summed E-state index contributed by atoms with van der Waals surface area (Å²) in [4.78, 5) is 4.89. The highest BCUT2D eigenvalue weighted by molar-refractivity contribution is 7.80. The Balaban J connectivity index is 1.73. The molecule has 1 aliphatic carbocycles. The molecule has 4 rings (SSSR count). The number of anilines is 2. The minimum Gasteiger partial charge on any atom is -0.341 e. The first-order chi connectivity index (χ1) is 13.5. The van der Waals surface area contributed by atoms with E-state index in [1.165, 1.54) is 30.4 Å². The lowest BCUT2D eigenvalue weighted by Gasteiger charge is -2.47. The monoisotopic (exact) mass is 392 g/mol. The maximum atomic E-state index is 5.79.